The van der Waals surface area contributed by atoms with Crippen LogP contribution in [0.5, 0.6) is 5.75 Å². The summed E-state index contributed by atoms with van der Waals surface area (Å²) < 4.78 is 1.00. The summed E-state index contributed by atoms with van der Waals surface area (Å²) in [4.78, 5) is 18.4. The molecule has 0 radical (unpaired) electrons. The van der Waals surface area contributed by atoms with E-state index in [9.17, 15) is 9.90 Å². The zero-order valence-corrected chi connectivity index (χ0v) is 20.6. The van der Waals surface area contributed by atoms with Gasteiger partial charge in [0.1, 0.15) is 11.8 Å². The molecule has 1 aliphatic heterocycles. The molecule has 3 nitrogen and oxygen atoms in total. The van der Waals surface area contributed by atoms with Gasteiger partial charge in [-0.2, -0.15) is 0 Å². The largest absolute Gasteiger partial charge is 0.508 e. The molecule has 1 N–H and O–H groups in total. The van der Waals surface area contributed by atoms with Crippen molar-refractivity contribution in [3.8, 4) is 16.9 Å². The second kappa shape index (κ2) is 9.57. The molecule has 5 heteroatoms. The molecule has 5 rings (SSSR count). The summed E-state index contributed by atoms with van der Waals surface area (Å²) in [6, 6.07) is 28.3. The van der Waals surface area contributed by atoms with Gasteiger partial charge in [-0.3, -0.25) is 9.79 Å². The Balaban J connectivity index is 1.60. The van der Waals surface area contributed by atoms with Crippen LogP contribution in [-0.2, 0) is 17.6 Å². The monoisotopic (exact) mass is 529 g/mol. The number of rotatable bonds is 4. The SMILES string of the molecule is O=C1Cc2ccc(Cl)cc2C(c2ccc(O)cc2)=NC1Cc1ccccc1-c1cccc(Br)c1. The maximum Gasteiger partial charge on any atom is 0.162 e. The molecular formula is C29H21BrClNO2. The number of aromatic hydroxyl groups is 1. The van der Waals surface area contributed by atoms with Crippen molar-refractivity contribution in [2.45, 2.75) is 18.9 Å². The summed E-state index contributed by atoms with van der Waals surface area (Å²) >= 11 is 9.89. The van der Waals surface area contributed by atoms with Gasteiger partial charge in [0.15, 0.2) is 5.78 Å². The van der Waals surface area contributed by atoms with Crippen molar-refractivity contribution in [3.05, 3.63) is 123 Å². The molecule has 0 spiro atoms. The van der Waals surface area contributed by atoms with Crippen LogP contribution in [0, 0.1) is 0 Å². The van der Waals surface area contributed by atoms with Crippen molar-refractivity contribution < 1.29 is 9.90 Å². The van der Waals surface area contributed by atoms with E-state index in [1.54, 1.807) is 12.1 Å². The van der Waals surface area contributed by atoms with Crippen LogP contribution < -0.4 is 0 Å². The molecule has 0 bridgehead atoms. The minimum atomic E-state index is -0.539. The van der Waals surface area contributed by atoms with Crippen molar-refractivity contribution in [1.82, 2.24) is 0 Å². The molecule has 0 saturated heterocycles. The lowest BCUT2D eigenvalue weighted by atomic mass is 9.92. The first kappa shape index (κ1) is 22.6. The average Bonchev–Trinajstić information content (AvgIpc) is 2.96. The highest BCUT2D eigenvalue weighted by atomic mass is 79.9. The number of carbonyl (C=O) groups is 1. The molecule has 1 heterocycles. The minimum Gasteiger partial charge on any atom is -0.508 e. The Morgan fingerprint density at radius 2 is 1.68 bits per heavy atom. The lowest BCUT2D eigenvalue weighted by Gasteiger charge is -2.15. The van der Waals surface area contributed by atoms with E-state index < -0.39 is 6.04 Å². The Morgan fingerprint density at radius 3 is 2.47 bits per heavy atom. The molecule has 0 amide bonds. The lowest BCUT2D eigenvalue weighted by Crippen LogP contribution is -2.23. The van der Waals surface area contributed by atoms with Gasteiger partial charge in [-0.25, -0.2) is 0 Å². The Kier molecular flexibility index (Phi) is 6.36. The van der Waals surface area contributed by atoms with Gasteiger partial charge in [0.25, 0.3) is 0 Å². The number of halogens is 2. The third-order valence-electron chi connectivity index (χ3n) is 6.06. The Labute approximate surface area is 211 Å². The van der Waals surface area contributed by atoms with Gasteiger partial charge in [-0.15, -0.1) is 0 Å². The number of hydrogen-bond acceptors (Lipinski definition) is 3. The fraction of sp³-hybridized carbons (Fsp3) is 0.103. The van der Waals surface area contributed by atoms with Crippen LogP contribution in [0.1, 0.15) is 22.3 Å². The van der Waals surface area contributed by atoms with E-state index in [0.29, 0.717) is 23.6 Å². The minimum absolute atomic E-state index is 0.0707. The summed E-state index contributed by atoms with van der Waals surface area (Å²) in [6.45, 7) is 0. The molecule has 0 fully saturated rings. The van der Waals surface area contributed by atoms with Crippen LogP contribution in [-0.4, -0.2) is 22.6 Å². The fourth-order valence-corrected chi connectivity index (χ4v) is 4.95. The summed E-state index contributed by atoms with van der Waals surface area (Å²) in [7, 11) is 0. The molecule has 0 saturated carbocycles. The second-order valence-electron chi connectivity index (χ2n) is 8.36. The molecule has 1 aliphatic rings. The maximum absolute atomic E-state index is 13.4. The number of aliphatic imine (C=N–C) groups is 1. The van der Waals surface area contributed by atoms with Crippen LogP contribution in [0.15, 0.2) is 100 Å². The Hall–Kier alpha value is -3.21. The highest BCUT2D eigenvalue weighted by molar-refractivity contribution is 9.10. The van der Waals surface area contributed by atoms with Crippen molar-refractivity contribution in [2.24, 2.45) is 4.99 Å². The summed E-state index contributed by atoms with van der Waals surface area (Å²) in [5.74, 6) is 0.251. The summed E-state index contributed by atoms with van der Waals surface area (Å²) in [5.41, 5.74) is 6.55. The molecule has 0 aliphatic carbocycles. The number of nitrogens with zero attached hydrogens (tertiary/aromatic N) is 1. The second-order valence-corrected chi connectivity index (χ2v) is 9.71. The summed E-state index contributed by atoms with van der Waals surface area (Å²) in [6.07, 6.45) is 0.784. The molecular weight excluding hydrogens is 510 g/mol. The topological polar surface area (TPSA) is 49.7 Å². The van der Waals surface area contributed by atoms with Crippen LogP contribution in [0.4, 0.5) is 0 Å². The van der Waals surface area contributed by atoms with E-state index in [-0.39, 0.29) is 11.5 Å². The van der Waals surface area contributed by atoms with E-state index in [1.807, 2.05) is 54.6 Å². The zero-order chi connectivity index (χ0) is 23.7. The van der Waals surface area contributed by atoms with Gasteiger partial charge >= 0.3 is 0 Å². The van der Waals surface area contributed by atoms with Gasteiger partial charge in [0.2, 0.25) is 0 Å². The first-order chi connectivity index (χ1) is 16.5. The zero-order valence-electron chi connectivity index (χ0n) is 18.2. The molecule has 168 valence electrons. The number of phenols is 1. The van der Waals surface area contributed by atoms with Crippen molar-refractivity contribution in [2.75, 3.05) is 0 Å². The number of carbonyl (C=O) groups excluding carboxylic acids is 1. The van der Waals surface area contributed by atoms with E-state index >= 15 is 0 Å². The Morgan fingerprint density at radius 1 is 0.882 bits per heavy atom. The first-order valence-corrected chi connectivity index (χ1v) is 12.2. The predicted molar refractivity (Wildman–Crippen MR) is 141 cm³/mol. The number of ketones is 1. The van der Waals surface area contributed by atoms with E-state index in [1.165, 1.54) is 0 Å². The van der Waals surface area contributed by atoms with Gasteiger partial charge in [-0.05, 0) is 70.8 Å². The van der Waals surface area contributed by atoms with Gasteiger partial charge in [0, 0.05) is 33.5 Å². The Bertz CT molecular complexity index is 1410. The van der Waals surface area contributed by atoms with Gasteiger partial charge in [-0.1, -0.05) is 70.0 Å². The third kappa shape index (κ3) is 4.70. The maximum atomic E-state index is 13.4. The standard InChI is InChI=1S/C29H21BrClNO2/c30-22-6-3-5-19(14-22)25-7-2-1-4-20(25)15-27-28(34)16-21-8-11-23(31)17-26(21)29(32-27)18-9-12-24(33)13-10-18/h1-14,17,27,33H,15-16H2. The molecule has 1 atom stereocenters. The fourth-order valence-electron chi connectivity index (χ4n) is 4.38. The quantitative estimate of drug-likeness (QED) is 0.307. The summed E-state index contributed by atoms with van der Waals surface area (Å²) in [5, 5.41) is 10.4. The highest BCUT2D eigenvalue weighted by Gasteiger charge is 2.27. The first-order valence-electron chi connectivity index (χ1n) is 11.0. The number of hydrogen-bond donors (Lipinski definition) is 1. The molecule has 4 aromatic rings. The molecule has 34 heavy (non-hydrogen) atoms. The molecule has 4 aromatic carbocycles. The molecule has 1 unspecified atom stereocenters. The normalized spacial score (nSPS) is 15.4. The predicted octanol–water partition coefficient (Wildman–Crippen LogP) is 7.05. The van der Waals surface area contributed by atoms with Crippen LogP contribution in [0.2, 0.25) is 5.02 Å². The number of phenolic OH excluding ortho intramolecular Hbond substituents is 1. The molecule has 0 aromatic heterocycles. The average molecular weight is 531 g/mol. The van der Waals surface area contributed by atoms with Gasteiger partial charge in [0.05, 0.1) is 5.71 Å². The smallest absolute Gasteiger partial charge is 0.162 e. The number of Topliss-reactive ketones (excluding diaryl/α,β-unsaturated/α-hetero) is 1. The third-order valence-corrected chi connectivity index (χ3v) is 6.78. The van der Waals surface area contributed by atoms with Crippen molar-refractivity contribution >= 4 is 39.0 Å². The van der Waals surface area contributed by atoms with E-state index in [4.69, 9.17) is 16.6 Å². The van der Waals surface area contributed by atoms with Crippen molar-refractivity contribution in [3.63, 3.8) is 0 Å². The van der Waals surface area contributed by atoms with Crippen molar-refractivity contribution in [1.29, 1.82) is 0 Å². The van der Waals surface area contributed by atoms with Crippen LogP contribution in [0.3, 0.4) is 0 Å². The highest BCUT2D eigenvalue weighted by Crippen LogP contribution is 2.30. The van der Waals surface area contributed by atoms with E-state index in [2.05, 4.69) is 40.2 Å². The number of benzene rings is 4. The van der Waals surface area contributed by atoms with Crippen LogP contribution >= 0.6 is 27.5 Å². The number of fused-ring (bicyclic) bond motifs is 1. The lowest BCUT2D eigenvalue weighted by molar-refractivity contribution is -0.119. The van der Waals surface area contributed by atoms with Gasteiger partial charge < -0.3 is 5.11 Å². The van der Waals surface area contributed by atoms with E-state index in [0.717, 1.165) is 37.9 Å². The van der Waals surface area contributed by atoms with Crippen LogP contribution in [0.25, 0.3) is 11.1 Å².